The Morgan fingerprint density at radius 2 is 2.13 bits per heavy atom. The van der Waals surface area contributed by atoms with E-state index in [-0.39, 0.29) is 23.6 Å². The molecule has 1 aliphatic carbocycles. The summed E-state index contributed by atoms with van der Waals surface area (Å²) in [6.45, 7) is 5.12. The van der Waals surface area contributed by atoms with Crippen molar-refractivity contribution in [1.29, 1.82) is 0 Å². The van der Waals surface area contributed by atoms with Gasteiger partial charge in [0.15, 0.2) is 11.6 Å². The summed E-state index contributed by atoms with van der Waals surface area (Å²) in [5.74, 6) is -0.784. The number of rotatable bonds is 2. The summed E-state index contributed by atoms with van der Waals surface area (Å²) in [5.41, 5.74) is 0. The van der Waals surface area contributed by atoms with Crippen molar-refractivity contribution in [3.8, 4) is 0 Å². The molecule has 1 saturated heterocycles. The Labute approximate surface area is 88.9 Å². The molecule has 84 valence electrons. The number of hydrogen-bond donors (Lipinski definition) is 0. The van der Waals surface area contributed by atoms with Gasteiger partial charge < -0.3 is 14.3 Å². The predicted octanol–water partition coefficient (Wildman–Crippen LogP) is 1.07. The van der Waals surface area contributed by atoms with E-state index >= 15 is 0 Å². The van der Waals surface area contributed by atoms with Crippen LogP contribution in [0.4, 0.5) is 0 Å². The van der Waals surface area contributed by atoms with Gasteiger partial charge in [0.2, 0.25) is 0 Å². The molecule has 1 aliphatic heterocycles. The lowest BCUT2D eigenvalue weighted by atomic mass is 10.0. The Morgan fingerprint density at radius 3 is 2.67 bits per heavy atom. The first kappa shape index (κ1) is 10.8. The zero-order chi connectivity index (χ0) is 11.2. The van der Waals surface area contributed by atoms with Crippen LogP contribution in [-0.2, 0) is 19.1 Å². The van der Waals surface area contributed by atoms with Crippen LogP contribution in [-0.4, -0.2) is 29.6 Å². The van der Waals surface area contributed by atoms with E-state index in [1.54, 1.807) is 13.8 Å². The Bertz CT molecular complexity index is 308. The van der Waals surface area contributed by atoms with Crippen LogP contribution in [0.2, 0.25) is 0 Å². The molecule has 0 bridgehead atoms. The summed E-state index contributed by atoms with van der Waals surface area (Å²) in [6.07, 6.45) is 0.326. The summed E-state index contributed by atoms with van der Waals surface area (Å²) >= 11 is 0. The van der Waals surface area contributed by atoms with Gasteiger partial charge in [0, 0.05) is 12.3 Å². The molecule has 1 saturated carbocycles. The van der Waals surface area contributed by atoms with Crippen molar-refractivity contribution in [3.63, 3.8) is 0 Å². The van der Waals surface area contributed by atoms with Crippen LogP contribution in [0.15, 0.2) is 0 Å². The molecule has 0 aromatic heterocycles. The average molecular weight is 212 g/mol. The number of ether oxygens (including phenoxy) is 2. The standard InChI is InChI=1S/C11H16O4/c1-6(12)4-7-5-8-10(9(7)13)15-11(2,3)14-8/h7-8,10H,4-5H2,1-3H3/t7-,8-,10-/m1/s1. The maximum Gasteiger partial charge on any atom is 0.167 e. The van der Waals surface area contributed by atoms with Crippen LogP contribution in [0.3, 0.4) is 0 Å². The quantitative estimate of drug-likeness (QED) is 0.687. The summed E-state index contributed by atoms with van der Waals surface area (Å²) in [5, 5.41) is 0. The highest BCUT2D eigenvalue weighted by Crippen LogP contribution is 2.39. The monoisotopic (exact) mass is 212 g/mol. The average Bonchev–Trinajstić information content (AvgIpc) is 2.48. The maximum atomic E-state index is 11.9. The molecule has 4 heteroatoms. The van der Waals surface area contributed by atoms with Crippen molar-refractivity contribution in [1.82, 2.24) is 0 Å². The number of carbonyl (C=O) groups is 2. The van der Waals surface area contributed by atoms with Crippen molar-refractivity contribution in [3.05, 3.63) is 0 Å². The fourth-order valence-electron chi connectivity index (χ4n) is 2.41. The van der Waals surface area contributed by atoms with Gasteiger partial charge in [0.1, 0.15) is 11.9 Å². The van der Waals surface area contributed by atoms with Crippen LogP contribution in [0.1, 0.15) is 33.6 Å². The summed E-state index contributed by atoms with van der Waals surface area (Å²) in [7, 11) is 0. The second kappa shape index (κ2) is 3.39. The van der Waals surface area contributed by atoms with Crippen molar-refractivity contribution in [2.24, 2.45) is 5.92 Å². The first-order valence-electron chi connectivity index (χ1n) is 5.28. The molecule has 0 spiro atoms. The van der Waals surface area contributed by atoms with Gasteiger partial charge in [0.25, 0.3) is 0 Å². The van der Waals surface area contributed by atoms with E-state index in [0.717, 1.165) is 0 Å². The molecule has 0 radical (unpaired) electrons. The highest BCUT2D eigenvalue weighted by molar-refractivity contribution is 5.92. The minimum atomic E-state index is -0.661. The second-order valence-electron chi connectivity index (χ2n) is 4.84. The minimum absolute atomic E-state index is 0.0285. The number of ketones is 2. The number of carbonyl (C=O) groups excluding carboxylic acids is 2. The zero-order valence-corrected chi connectivity index (χ0v) is 9.28. The largest absolute Gasteiger partial charge is 0.344 e. The third-order valence-corrected chi connectivity index (χ3v) is 2.92. The topological polar surface area (TPSA) is 52.6 Å². The van der Waals surface area contributed by atoms with Gasteiger partial charge in [0.05, 0.1) is 6.10 Å². The lowest BCUT2D eigenvalue weighted by Crippen LogP contribution is -2.28. The van der Waals surface area contributed by atoms with E-state index in [2.05, 4.69) is 0 Å². The molecule has 0 N–H and O–H groups in total. The normalized spacial score (nSPS) is 38.1. The zero-order valence-electron chi connectivity index (χ0n) is 9.28. The van der Waals surface area contributed by atoms with Crippen LogP contribution in [0.5, 0.6) is 0 Å². The van der Waals surface area contributed by atoms with Crippen LogP contribution >= 0.6 is 0 Å². The molecule has 0 unspecified atom stereocenters. The number of hydrogen-bond acceptors (Lipinski definition) is 4. The predicted molar refractivity (Wildman–Crippen MR) is 52.2 cm³/mol. The first-order valence-corrected chi connectivity index (χ1v) is 5.28. The minimum Gasteiger partial charge on any atom is -0.344 e. The molecule has 0 amide bonds. The summed E-state index contributed by atoms with van der Waals surface area (Å²) in [4.78, 5) is 22.8. The van der Waals surface area contributed by atoms with Crippen LogP contribution < -0.4 is 0 Å². The molecule has 1 heterocycles. The van der Waals surface area contributed by atoms with Crippen molar-refractivity contribution >= 4 is 11.6 Å². The van der Waals surface area contributed by atoms with Crippen molar-refractivity contribution in [2.75, 3.05) is 0 Å². The molecule has 4 nitrogen and oxygen atoms in total. The third-order valence-electron chi connectivity index (χ3n) is 2.92. The van der Waals surface area contributed by atoms with Gasteiger partial charge in [-0.3, -0.25) is 4.79 Å². The summed E-state index contributed by atoms with van der Waals surface area (Å²) in [6, 6.07) is 0. The molecular weight excluding hydrogens is 196 g/mol. The number of fused-ring (bicyclic) bond motifs is 1. The molecule has 2 aliphatic rings. The van der Waals surface area contributed by atoms with Gasteiger partial charge in [-0.2, -0.15) is 0 Å². The Hall–Kier alpha value is -0.740. The number of Topliss-reactive ketones (excluding diaryl/α,β-unsaturated/α-hetero) is 2. The van der Waals surface area contributed by atoms with Gasteiger partial charge in [-0.25, -0.2) is 0 Å². The molecule has 0 aromatic carbocycles. The highest BCUT2D eigenvalue weighted by atomic mass is 16.8. The van der Waals surface area contributed by atoms with Crippen molar-refractivity contribution in [2.45, 2.75) is 51.6 Å². The van der Waals surface area contributed by atoms with Gasteiger partial charge in [-0.05, 0) is 27.2 Å². The van der Waals surface area contributed by atoms with Crippen LogP contribution in [0, 0.1) is 5.92 Å². The molecule has 3 atom stereocenters. The van der Waals surface area contributed by atoms with E-state index in [9.17, 15) is 9.59 Å². The fourth-order valence-corrected chi connectivity index (χ4v) is 2.41. The molecule has 2 rings (SSSR count). The highest BCUT2D eigenvalue weighted by Gasteiger charge is 2.52. The van der Waals surface area contributed by atoms with E-state index in [1.165, 1.54) is 6.92 Å². The SMILES string of the molecule is CC(=O)C[C@@H]1C[C@H]2OC(C)(C)O[C@H]2C1=O. The Kier molecular flexibility index (Phi) is 2.43. The van der Waals surface area contributed by atoms with Crippen molar-refractivity contribution < 1.29 is 19.1 Å². The van der Waals surface area contributed by atoms with E-state index in [0.29, 0.717) is 12.8 Å². The first-order chi connectivity index (χ1) is 6.89. The van der Waals surface area contributed by atoms with E-state index < -0.39 is 11.9 Å². The molecule has 0 aromatic rings. The third kappa shape index (κ3) is 1.96. The lowest BCUT2D eigenvalue weighted by molar-refractivity contribution is -0.163. The smallest absolute Gasteiger partial charge is 0.167 e. The second-order valence-corrected chi connectivity index (χ2v) is 4.84. The fraction of sp³-hybridized carbons (Fsp3) is 0.818. The van der Waals surface area contributed by atoms with Gasteiger partial charge in [-0.15, -0.1) is 0 Å². The Morgan fingerprint density at radius 1 is 1.47 bits per heavy atom. The van der Waals surface area contributed by atoms with Gasteiger partial charge >= 0.3 is 0 Å². The van der Waals surface area contributed by atoms with E-state index in [1.807, 2.05) is 0 Å². The molecule has 2 fully saturated rings. The van der Waals surface area contributed by atoms with Gasteiger partial charge in [-0.1, -0.05) is 0 Å². The van der Waals surface area contributed by atoms with Crippen LogP contribution in [0.25, 0.3) is 0 Å². The maximum absolute atomic E-state index is 11.9. The summed E-state index contributed by atoms with van der Waals surface area (Å²) < 4.78 is 11.1. The molecule has 15 heavy (non-hydrogen) atoms. The molecular formula is C11H16O4. The van der Waals surface area contributed by atoms with E-state index in [4.69, 9.17) is 9.47 Å². The lowest BCUT2D eigenvalue weighted by Gasteiger charge is -2.19. The Balaban J connectivity index is 2.05.